The summed E-state index contributed by atoms with van der Waals surface area (Å²) < 4.78 is 4.64. The van der Waals surface area contributed by atoms with Crippen LogP contribution in [-0.2, 0) is 9.53 Å². The largest absolute Gasteiger partial charge is 0.468 e. The van der Waals surface area contributed by atoms with Crippen LogP contribution in [0.5, 0.6) is 0 Å². The van der Waals surface area contributed by atoms with Crippen LogP contribution in [0.3, 0.4) is 0 Å². The van der Waals surface area contributed by atoms with E-state index < -0.39 is 0 Å². The highest BCUT2D eigenvalue weighted by Crippen LogP contribution is 2.59. The van der Waals surface area contributed by atoms with Gasteiger partial charge in [0, 0.05) is 5.75 Å². The van der Waals surface area contributed by atoms with Gasteiger partial charge in [0.25, 0.3) is 0 Å². The Hall–Kier alpha value is -0.440. The quantitative estimate of drug-likeness (QED) is 0.558. The Morgan fingerprint density at radius 1 is 1.62 bits per heavy atom. The molecular weight excluding hydrogens is 220 g/mol. The Morgan fingerprint density at radius 3 is 2.94 bits per heavy atom. The van der Waals surface area contributed by atoms with Crippen molar-refractivity contribution in [3.05, 3.63) is 11.6 Å². The topological polar surface area (TPSA) is 26.3 Å². The number of carbonyl (C=O) groups excluding carboxylic acids is 1. The van der Waals surface area contributed by atoms with E-state index in [4.69, 9.17) is 0 Å². The summed E-state index contributed by atoms with van der Waals surface area (Å²) in [5.41, 5.74) is 2.05. The number of esters is 1. The van der Waals surface area contributed by atoms with Crippen LogP contribution >= 0.6 is 11.8 Å². The molecule has 0 aromatic rings. The molecule has 0 saturated heterocycles. The first-order valence-electron chi connectivity index (χ1n) is 5.89. The molecule has 0 aliphatic heterocycles. The van der Waals surface area contributed by atoms with Crippen molar-refractivity contribution in [1.82, 2.24) is 0 Å². The first-order valence-corrected chi connectivity index (χ1v) is 7.04. The highest BCUT2D eigenvalue weighted by Gasteiger charge is 2.50. The van der Waals surface area contributed by atoms with Gasteiger partial charge in [0.2, 0.25) is 0 Å². The Balaban J connectivity index is 1.83. The van der Waals surface area contributed by atoms with Crippen LogP contribution in [-0.4, -0.2) is 24.6 Å². The molecule has 0 N–H and O–H groups in total. The fourth-order valence-electron chi connectivity index (χ4n) is 2.95. The van der Waals surface area contributed by atoms with Gasteiger partial charge in [-0.3, -0.25) is 4.79 Å². The average molecular weight is 240 g/mol. The van der Waals surface area contributed by atoms with Crippen LogP contribution < -0.4 is 0 Å². The highest BCUT2D eigenvalue weighted by molar-refractivity contribution is 8.00. The number of allylic oxidation sites excluding steroid dienone is 1. The summed E-state index contributed by atoms with van der Waals surface area (Å²) in [6.07, 6.45) is 4.99. The Kier molecular flexibility index (Phi) is 3.34. The lowest BCUT2D eigenvalue weighted by Gasteiger charge is -2.56. The van der Waals surface area contributed by atoms with Crippen LogP contribution in [0, 0.1) is 17.3 Å². The van der Waals surface area contributed by atoms with E-state index in [0.717, 1.165) is 17.6 Å². The van der Waals surface area contributed by atoms with E-state index in [1.807, 2.05) is 0 Å². The summed E-state index contributed by atoms with van der Waals surface area (Å²) in [4.78, 5) is 11.0. The molecule has 3 aliphatic carbocycles. The minimum absolute atomic E-state index is 0.118. The fourth-order valence-corrected chi connectivity index (χ4v) is 3.89. The molecule has 3 heteroatoms. The molecule has 0 aromatic heterocycles. The SMILES string of the molecule is COC(=O)CSCC1=CC[C@@H]2C[C@H]1C2(C)C. The number of hydrogen-bond donors (Lipinski definition) is 0. The Morgan fingerprint density at radius 2 is 2.38 bits per heavy atom. The summed E-state index contributed by atoms with van der Waals surface area (Å²) >= 11 is 1.68. The first-order chi connectivity index (χ1) is 7.55. The van der Waals surface area contributed by atoms with Crippen LogP contribution in [0.25, 0.3) is 0 Å². The van der Waals surface area contributed by atoms with Crippen molar-refractivity contribution in [3.63, 3.8) is 0 Å². The number of fused-ring (bicyclic) bond motifs is 1. The number of carbonyl (C=O) groups is 1. The van der Waals surface area contributed by atoms with Crippen molar-refractivity contribution in [2.75, 3.05) is 18.6 Å². The molecule has 0 aromatic carbocycles. The maximum Gasteiger partial charge on any atom is 0.315 e. The second-order valence-electron chi connectivity index (χ2n) is 5.39. The molecule has 0 amide bonds. The zero-order valence-electron chi connectivity index (χ0n) is 10.3. The highest BCUT2D eigenvalue weighted by atomic mass is 32.2. The number of methoxy groups -OCH3 is 1. The second kappa shape index (κ2) is 4.44. The molecule has 1 saturated carbocycles. The van der Waals surface area contributed by atoms with Gasteiger partial charge in [-0.05, 0) is 30.1 Å². The van der Waals surface area contributed by atoms with Crippen LogP contribution in [0.4, 0.5) is 0 Å². The zero-order valence-corrected chi connectivity index (χ0v) is 11.1. The normalized spacial score (nSPS) is 30.3. The molecule has 2 nitrogen and oxygen atoms in total. The third-order valence-electron chi connectivity index (χ3n) is 4.30. The van der Waals surface area contributed by atoms with Crippen molar-refractivity contribution in [2.45, 2.75) is 26.7 Å². The Labute approximate surface area is 102 Å². The van der Waals surface area contributed by atoms with Gasteiger partial charge in [0.05, 0.1) is 12.9 Å². The maximum atomic E-state index is 11.0. The predicted molar refractivity (Wildman–Crippen MR) is 67.4 cm³/mol. The standard InChI is InChI=1S/C13H20O2S/c1-13(2)10-5-4-9(11(13)6-10)7-16-8-12(14)15-3/h4,10-11H,5-8H2,1-3H3/t10-,11-/m1/s1. The summed E-state index contributed by atoms with van der Waals surface area (Å²) in [6, 6.07) is 0. The van der Waals surface area contributed by atoms with Gasteiger partial charge in [0.1, 0.15) is 0 Å². The third kappa shape index (κ3) is 2.02. The second-order valence-corrected chi connectivity index (χ2v) is 6.38. The molecular formula is C13H20O2S. The van der Waals surface area contributed by atoms with E-state index in [2.05, 4.69) is 24.7 Å². The lowest BCUT2D eigenvalue weighted by Crippen LogP contribution is -2.48. The maximum absolute atomic E-state index is 11.0. The van der Waals surface area contributed by atoms with Crippen LogP contribution in [0.2, 0.25) is 0 Å². The van der Waals surface area contributed by atoms with Gasteiger partial charge in [-0.1, -0.05) is 25.5 Å². The molecule has 2 bridgehead atoms. The van der Waals surface area contributed by atoms with Gasteiger partial charge in [-0.2, -0.15) is 0 Å². The Bertz CT molecular complexity index is 320. The number of rotatable bonds is 4. The lowest BCUT2D eigenvalue weighted by molar-refractivity contribution is -0.137. The molecule has 2 atom stereocenters. The summed E-state index contributed by atoms with van der Waals surface area (Å²) in [5, 5.41) is 0. The van der Waals surface area contributed by atoms with E-state index >= 15 is 0 Å². The smallest absolute Gasteiger partial charge is 0.315 e. The van der Waals surface area contributed by atoms with E-state index in [9.17, 15) is 4.79 Å². The van der Waals surface area contributed by atoms with Crippen molar-refractivity contribution in [2.24, 2.45) is 17.3 Å². The lowest BCUT2D eigenvalue weighted by atomic mass is 9.49. The zero-order chi connectivity index (χ0) is 11.8. The van der Waals surface area contributed by atoms with Crippen molar-refractivity contribution < 1.29 is 9.53 Å². The van der Waals surface area contributed by atoms with E-state index in [0.29, 0.717) is 11.2 Å². The fraction of sp³-hybridized carbons (Fsp3) is 0.769. The predicted octanol–water partition coefficient (Wildman–Crippen LogP) is 2.89. The molecule has 3 rings (SSSR count). The third-order valence-corrected chi connectivity index (χ3v) is 5.28. The minimum atomic E-state index is -0.118. The molecule has 0 unspecified atom stereocenters. The molecule has 0 heterocycles. The molecule has 3 aliphatic rings. The van der Waals surface area contributed by atoms with Crippen molar-refractivity contribution >= 4 is 17.7 Å². The van der Waals surface area contributed by atoms with Crippen LogP contribution in [0.1, 0.15) is 26.7 Å². The molecule has 16 heavy (non-hydrogen) atoms. The summed E-state index contributed by atoms with van der Waals surface area (Å²) in [6.45, 7) is 4.76. The van der Waals surface area contributed by atoms with Gasteiger partial charge >= 0.3 is 5.97 Å². The minimum Gasteiger partial charge on any atom is -0.468 e. The molecule has 1 fully saturated rings. The number of ether oxygens (including phenoxy) is 1. The molecule has 0 radical (unpaired) electrons. The summed E-state index contributed by atoms with van der Waals surface area (Å²) in [5.74, 6) is 3.01. The van der Waals surface area contributed by atoms with Crippen molar-refractivity contribution in [1.29, 1.82) is 0 Å². The number of hydrogen-bond acceptors (Lipinski definition) is 3. The van der Waals surface area contributed by atoms with E-state index in [-0.39, 0.29) is 5.97 Å². The van der Waals surface area contributed by atoms with Gasteiger partial charge in [-0.15, -0.1) is 11.8 Å². The van der Waals surface area contributed by atoms with Crippen LogP contribution in [0.15, 0.2) is 11.6 Å². The van der Waals surface area contributed by atoms with Gasteiger partial charge in [-0.25, -0.2) is 0 Å². The average Bonchev–Trinajstić information content (AvgIpc) is 2.28. The van der Waals surface area contributed by atoms with Crippen molar-refractivity contribution in [3.8, 4) is 0 Å². The first kappa shape index (κ1) is 12.0. The van der Waals surface area contributed by atoms with E-state index in [1.165, 1.54) is 20.0 Å². The van der Waals surface area contributed by atoms with Gasteiger partial charge in [0.15, 0.2) is 0 Å². The molecule has 90 valence electrons. The summed E-state index contributed by atoms with van der Waals surface area (Å²) in [7, 11) is 1.45. The number of thioether (sulfide) groups is 1. The molecule has 0 spiro atoms. The van der Waals surface area contributed by atoms with E-state index in [1.54, 1.807) is 17.3 Å². The van der Waals surface area contributed by atoms with Gasteiger partial charge < -0.3 is 4.74 Å². The monoisotopic (exact) mass is 240 g/mol.